The second-order valence-electron chi connectivity index (χ2n) is 6.59. The molecule has 1 aromatic rings. The van der Waals surface area contributed by atoms with E-state index in [4.69, 9.17) is 9.84 Å². The van der Waals surface area contributed by atoms with Crippen molar-refractivity contribution in [2.24, 2.45) is 0 Å². The lowest BCUT2D eigenvalue weighted by molar-refractivity contribution is -0.112. The molecular weight excluding hydrogens is 348 g/mol. The van der Waals surface area contributed by atoms with Crippen LogP contribution in [0.3, 0.4) is 0 Å². The maximum atomic E-state index is 12.6. The third kappa shape index (κ3) is 4.47. The Morgan fingerprint density at radius 1 is 1.19 bits per heavy atom. The molecule has 0 bridgehead atoms. The van der Waals surface area contributed by atoms with Crippen molar-refractivity contribution in [2.75, 3.05) is 64.8 Å². The van der Waals surface area contributed by atoms with Crippen molar-refractivity contribution >= 4 is 17.4 Å². The number of Topliss-reactive ketones (excluding diaryl/α,β-unsaturated/α-hetero) is 1. The van der Waals surface area contributed by atoms with E-state index >= 15 is 0 Å². The molecule has 3 rings (SSSR count). The highest BCUT2D eigenvalue weighted by atomic mass is 16.5. The summed E-state index contributed by atoms with van der Waals surface area (Å²) in [6, 6.07) is 5.12. The van der Waals surface area contributed by atoms with Gasteiger partial charge in [-0.05, 0) is 12.1 Å². The Hall–Kier alpha value is -2.42. The van der Waals surface area contributed by atoms with Gasteiger partial charge in [0.25, 0.3) is 5.91 Å². The quantitative estimate of drug-likeness (QED) is 0.349. The van der Waals surface area contributed by atoms with Gasteiger partial charge in [-0.3, -0.25) is 19.4 Å². The molecule has 0 radical (unpaired) electrons. The van der Waals surface area contributed by atoms with E-state index in [1.54, 1.807) is 18.2 Å². The number of ether oxygens (including phenoxy) is 1. The highest BCUT2D eigenvalue weighted by Gasteiger charge is 2.30. The minimum atomic E-state index is -0.429. The van der Waals surface area contributed by atoms with Crippen LogP contribution in [0.1, 0.15) is 10.4 Å². The number of fused-ring (bicyclic) bond motifs is 1. The van der Waals surface area contributed by atoms with Crippen LogP contribution in [0.2, 0.25) is 0 Å². The summed E-state index contributed by atoms with van der Waals surface area (Å²) < 4.78 is 5.21. The largest absolute Gasteiger partial charge is 0.495 e. The van der Waals surface area contributed by atoms with E-state index in [1.165, 1.54) is 13.3 Å². The summed E-state index contributed by atoms with van der Waals surface area (Å²) in [5.74, 6) is -0.263. The molecule has 3 N–H and O–H groups in total. The molecule has 0 aromatic heterocycles. The summed E-state index contributed by atoms with van der Waals surface area (Å²) in [6.07, 6.45) is 1.50. The fourth-order valence-electron chi connectivity index (χ4n) is 3.35. The van der Waals surface area contributed by atoms with Crippen molar-refractivity contribution in [1.29, 1.82) is 0 Å². The number of carbonyl (C=O) groups excluding carboxylic acids is 2. The number of carbonyl (C=O) groups is 2. The molecule has 2 heterocycles. The number of aliphatic hydroxyl groups is 1. The Morgan fingerprint density at radius 3 is 2.56 bits per heavy atom. The van der Waals surface area contributed by atoms with Gasteiger partial charge in [-0.2, -0.15) is 0 Å². The van der Waals surface area contributed by atoms with Crippen LogP contribution in [0.5, 0.6) is 5.75 Å². The number of anilines is 1. The second kappa shape index (κ2) is 8.98. The van der Waals surface area contributed by atoms with Gasteiger partial charge < -0.3 is 20.5 Å². The number of hydrogen-bond donors (Lipinski definition) is 3. The third-order valence-corrected chi connectivity index (χ3v) is 4.92. The number of amides is 1. The minimum absolute atomic E-state index is 0.100. The molecule has 1 amide bonds. The SMILES string of the molecule is COc1cccc2c1NC(=O)C(=CNCCN1CCN(CCO)CC1)C2=O. The molecule has 1 saturated heterocycles. The van der Waals surface area contributed by atoms with Crippen LogP contribution in [0.4, 0.5) is 5.69 Å². The lowest BCUT2D eigenvalue weighted by atomic mass is 9.97. The van der Waals surface area contributed by atoms with Crippen molar-refractivity contribution in [1.82, 2.24) is 15.1 Å². The first-order valence-corrected chi connectivity index (χ1v) is 9.16. The van der Waals surface area contributed by atoms with Crippen molar-refractivity contribution in [3.8, 4) is 5.75 Å². The van der Waals surface area contributed by atoms with Gasteiger partial charge in [-0.25, -0.2) is 0 Å². The first kappa shape index (κ1) is 19.3. The van der Waals surface area contributed by atoms with Gasteiger partial charge in [0.15, 0.2) is 0 Å². The molecule has 0 unspecified atom stereocenters. The average Bonchev–Trinajstić information content (AvgIpc) is 2.68. The lowest BCUT2D eigenvalue weighted by Crippen LogP contribution is -2.48. The smallest absolute Gasteiger partial charge is 0.261 e. The summed E-state index contributed by atoms with van der Waals surface area (Å²) in [5, 5.41) is 14.8. The third-order valence-electron chi connectivity index (χ3n) is 4.92. The number of rotatable bonds is 7. The number of para-hydroxylation sites is 1. The normalized spacial score (nSPS) is 19.7. The van der Waals surface area contributed by atoms with Gasteiger partial charge in [0, 0.05) is 52.0 Å². The minimum Gasteiger partial charge on any atom is -0.495 e. The van der Waals surface area contributed by atoms with Crippen molar-refractivity contribution in [2.45, 2.75) is 0 Å². The maximum absolute atomic E-state index is 12.6. The summed E-state index contributed by atoms with van der Waals surface area (Å²) in [6.45, 7) is 6.19. The second-order valence-corrected chi connectivity index (χ2v) is 6.59. The number of β-amino-alcohol motifs (C(OH)–C–C–N with tert-alkyl or cyclic N) is 1. The highest BCUT2D eigenvalue weighted by Crippen LogP contribution is 2.33. The van der Waals surface area contributed by atoms with Gasteiger partial charge in [0.05, 0.1) is 25.0 Å². The number of nitrogens with one attached hydrogen (secondary N) is 2. The fourth-order valence-corrected chi connectivity index (χ4v) is 3.35. The predicted octanol–water partition coefficient (Wildman–Crippen LogP) is -0.0866. The fraction of sp³-hybridized carbons (Fsp3) is 0.474. The van der Waals surface area contributed by atoms with Gasteiger partial charge in [-0.1, -0.05) is 6.07 Å². The zero-order valence-corrected chi connectivity index (χ0v) is 15.5. The van der Waals surface area contributed by atoms with Gasteiger partial charge >= 0.3 is 0 Å². The average molecular weight is 374 g/mol. The van der Waals surface area contributed by atoms with Gasteiger partial charge in [0.1, 0.15) is 11.3 Å². The Labute approximate surface area is 158 Å². The Morgan fingerprint density at radius 2 is 1.89 bits per heavy atom. The predicted molar refractivity (Wildman–Crippen MR) is 102 cm³/mol. The molecule has 0 spiro atoms. The molecule has 1 fully saturated rings. The molecule has 8 nitrogen and oxygen atoms in total. The summed E-state index contributed by atoms with van der Waals surface area (Å²) in [5.41, 5.74) is 0.957. The van der Waals surface area contributed by atoms with Gasteiger partial charge in [0.2, 0.25) is 5.78 Å². The van der Waals surface area contributed by atoms with Crippen LogP contribution < -0.4 is 15.4 Å². The highest BCUT2D eigenvalue weighted by molar-refractivity contribution is 6.34. The number of nitrogens with zero attached hydrogens (tertiary/aromatic N) is 2. The molecule has 1 aromatic carbocycles. The van der Waals surface area contributed by atoms with E-state index < -0.39 is 5.91 Å². The molecule has 0 aliphatic carbocycles. The molecule has 0 saturated carbocycles. The van der Waals surface area contributed by atoms with Crippen LogP contribution in [0.15, 0.2) is 30.0 Å². The van der Waals surface area contributed by atoms with E-state index in [9.17, 15) is 9.59 Å². The number of methoxy groups -OCH3 is 1. The Kier molecular flexibility index (Phi) is 6.44. The van der Waals surface area contributed by atoms with Crippen LogP contribution >= 0.6 is 0 Å². The van der Waals surface area contributed by atoms with Crippen LogP contribution in [0.25, 0.3) is 0 Å². The lowest BCUT2D eigenvalue weighted by Gasteiger charge is -2.34. The number of benzene rings is 1. The summed E-state index contributed by atoms with van der Waals surface area (Å²) in [7, 11) is 1.50. The van der Waals surface area contributed by atoms with Crippen molar-refractivity contribution in [3.05, 3.63) is 35.5 Å². The molecule has 0 atom stereocenters. The standard InChI is InChI=1S/C19H26N4O4/c1-27-16-4-2-3-14-17(16)21-19(26)15(18(14)25)13-20-5-6-22-7-9-23(10-8-22)11-12-24/h2-4,13,20,24H,5-12H2,1H3,(H,21,26). The zero-order valence-electron chi connectivity index (χ0n) is 15.5. The van der Waals surface area contributed by atoms with Crippen LogP contribution in [0, 0.1) is 0 Å². The van der Waals surface area contributed by atoms with E-state index in [0.717, 1.165) is 39.3 Å². The monoisotopic (exact) mass is 374 g/mol. The van der Waals surface area contributed by atoms with Crippen molar-refractivity contribution < 1.29 is 19.4 Å². The number of piperazine rings is 1. The van der Waals surface area contributed by atoms with E-state index in [2.05, 4.69) is 20.4 Å². The Bertz CT molecular complexity index is 726. The van der Waals surface area contributed by atoms with Crippen LogP contribution in [-0.4, -0.2) is 86.1 Å². The summed E-state index contributed by atoms with van der Waals surface area (Å²) >= 11 is 0. The molecule has 146 valence electrons. The van der Waals surface area contributed by atoms with Crippen LogP contribution in [-0.2, 0) is 4.79 Å². The first-order chi connectivity index (χ1) is 13.1. The van der Waals surface area contributed by atoms with E-state index in [1.807, 2.05) is 0 Å². The van der Waals surface area contributed by atoms with E-state index in [-0.39, 0.29) is 18.0 Å². The maximum Gasteiger partial charge on any atom is 0.261 e. The Balaban J connectivity index is 1.53. The zero-order chi connectivity index (χ0) is 19.2. The molecule has 27 heavy (non-hydrogen) atoms. The van der Waals surface area contributed by atoms with Gasteiger partial charge in [-0.15, -0.1) is 0 Å². The molecule has 8 heteroatoms. The van der Waals surface area contributed by atoms with Crippen molar-refractivity contribution in [3.63, 3.8) is 0 Å². The summed E-state index contributed by atoms with van der Waals surface area (Å²) in [4.78, 5) is 29.5. The first-order valence-electron chi connectivity index (χ1n) is 9.16. The van der Waals surface area contributed by atoms with E-state index in [0.29, 0.717) is 23.5 Å². The number of ketones is 1. The topological polar surface area (TPSA) is 94.1 Å². The molecule has 2 aliphatic rings. The number of aliphatic hydroxyl groups excluding tert-OH is 1. The molecular formula is C19H26N4O4. The molecule has 2 aliphatic heterocycles. The number of hydrogen-bond acceptors (Lipinski definition) is 7.